The van der Waals surface area contributed by atoms with E-state index in [-0.39, 0.29) is 5.91 Å². The number of carbonyl (C=O) groups excluding carboxylic acids is 1. The second-order valence-corrected chi connectivity index (χ2v) is 7.90. The first-order valence-electron chi connectivity index (χ1n) is 10.4. The zero-order chi connectivity index (χ0) is 21.5. The fourth-order valence-corrected chi connectivity index (χ4v) is 4.10. The van der Waals surface area contributed by atoms with E-state index in [4.69, 9.17) is 4.52 Å². The fourth-order valence-electron chi connectivity index (χ4n) is 4.10. The maximum absolute atomic E-state index is 13.4. The number of aryl methyl sites for hydroxylation is 4. The summed E-state index contributed by atoms with van der Waals surface area (Å²) in [7, 11) is 0. The molecule has 0 fully saturated rings. The van der Waals surface area contributed by atoms with Crippen molar-refractivity contribution in [2.24, 2.45) is 0 Å². The van der Waals surface area contributed by atoms with Gasteiger partial charge in [-0.3, -0.25) is 4.79 Å². The first-order chi connectivity index (χ1) is 15.0. The SMILES string of the molecule is Cc1nc(-c2ccc(C)c(-n3cc(C(=O)N4CCCc5ccccc54)c(C)n3)c2)no1. The van der Waals surface area contributed by atoms with E-state index >= 15 is 0 Å². The van der Waals surface area contributed by atoms with Gasteiger partial charge in [0, 0.05) is 30.9 Å². The molecular formula is C24H23N5O2. The van der Waals surface area contributed by atoms with Crippen LogP contribution in [-0.4, -0.2) is 32.4 Å². The van der Waals surface area contributed by atoms with E-state index in [0.29, 0.717) is 29.5 Å². The summed E-state index contributed by atoms with van der Waals surface area (Å²) in [5.41, 5.74) is 6.27. The van der Waals surface area contributed by atoms with Crippen LogP contribution in [0.5, 0.6) is 0 Å². The predicted octanol–water partition coefficient (Wildman–Crippen LogP) is 4.44. The number of hydrogen-bond donors (Lipinski definition) is 0. The number of fused-ring (bicyclic) bond motifs is 1. The normalized spacial score (nSPS) is 13.3. The van der Waals surface area contributed by atoms with Crippen LogP contribution in [0, 0.1) is 20.8 Å². The second-order valence-electron chi connectivity index (χ2n) is 7.90. The van der Waals surface area contributed by atoms with Crippen LogP contribution in [0.4, 0.5) is 5.69 Å². The van der Waals surface area contributed by atoms with Gasteiger partial charge in [0.1, 0.15) is 0 Å². The highest BCUT2D eigenvalue weighted by Gasteiger charge is 2.26. The number of aromatic nitrogens is 4. The molecule has 0 radical (unpaired) electrons. The molecule has 31 heavy (non-hydrogen) atoms. The summed E-state index contributed by atoms with van der Waals surface area (Å²) < 4.78 is 6.88. The number of benzene rings is 2. The summed E-state index contributed by atoms with van der Waals surface area (Å²) in [6.07, 6.45) is 3.78. The van der Waals surface area contributed by atoms with Crippen LogP contribution in [0.1, 0.15) is 39.5 Å². The summed E-state index contributed by atoms with van der Waals surface area (Å²) in [6.45, 7) is 6.37. The zero-order valence-corrected chi connectivity index (χ0v) is 17.8. The fraction of sp³-hybridized carbons (Fsp3) is 0.250. The van der Waals surface area contributed by atoms with E-state index in [1.165, 1.54) is 5.56 Å². The van der Waals surface area contributed by atoms with Gasteiger partial charge in [-0.25, -0.2) is 4.68 Å². The van der Waals surface area contributed by atoms with E-state index in [1.54, 1.807) is 11.6 Å². The molecule has 4 aromatic rings. The molecule has 1 aliphatic rings. The highest BCUT2D eigenvalue weighted by Crippen LogP contribution is 2.29. The highest BCUT2D eigenvalue weighted by atomic mass is 16.5. The van der Waals surface area contributed by atoms with Crippen molar-refractivity contribution >= 4 is 11.6 Å². The lowest BCUT2D eigenvalue weighted by atomic mass is 10.0. The summed E-state index contributed by atoms with van der Waals surface area (Å²) in [5, 5.41) is 8.67. The zero-order valence-electron chi connectivity index (χ0n) is 17.8. The van der Waals surface area contributed by atoms with Crippen LogP contribution >= 0.6 is 0 Å². The summed E-state index contributed by atoms with van der Waals surface area (Å²) in [4.78, 5) is 19.6. The van der Waals surface area contributed by atoms with E-state index < -0.39 is 0 Å². The minimum Gasteiger partial charge on any atom is -0.339 e. The largest absolute Gasteiger partial charge is 0.339 e. The third-order valence-electron chi connectivity index (χ3n) is 5.73. The van der Waals surface area contributed by atoms with E-state index in [2.05, 4.69) is 21.3 Å². The van der Waals surface area contributed by atoms with Gasteiger partial charge in [0.25, 0.3) is 5.91 Å². The molecule has 1 amide bonds. The third kappa shape index (κ3) is 3.42. The quantitative estimate of drug-likeness (QED) is 0.496. The number of anilines is 1. The van der Waals surface area contributed by atoms with Gasteiger partial charge in [0.2, 0.25) is 11.7 Å². The van der Waals surface area contributed by atoms with E-state index in [0.717, 1.165) is 35.3 Å². The summed E-state index contributed by atoms with van der Waals surface area (Å²) in [6, 6.07) is 14.0. The molecule has 0 bridgehead atoms. The second kappa shape index (κ2) is 7.50. The molecule has 0 unspecified atom stereocenters. The molecule has 5 rings (SSSR count). The van der Waals surface area contributed by atoms with Crippen molar-refractivity contribution < 1.29 is 9.32 Å². The Balaban J connectivity index is 1.52. The van der Waals surface area contributed by atoms with Gasteiger partial charge in [0.05, 0.1) is 16.9 Å². The Hall–Kier alpha value is -3.74. The molecule has 2 aromatic carbocycles. The van der Waals surface area contributed by atoms with Crippen LogP contribution in [-0.2, 0) is 6.42 Å². The van der Waals surface area contributed by atoms with Gasteiger partial charge in [-0.1, -0.05) is 35.5 Å². The summed E-state index contributed by atoms with van der Waals surface area (Å²) in [5.74, 6) is 1.03. The third-order valence-corrected chi connectivity index (χ3v) is 5.73. The van der Waals surface area contributed by atoms with Crippen molar-refractivity contribution in [2.75, 3.05) is 11.4 Å². The Morgan fingerprint density at radius 1 is 1.06 bits per heavy atom. The number of para-hydroxylation sites is 1. The minimum atomic E-state index is -0.0153. The molecule has 7 heteroatoms. The van der Waals surface area contributed by atoms with Crippen LogP contribution < -0.4 is 4.90 Å². The first kappa shape index (κ1) is 19.2. The maximum atomic E-state index is 13.4. The van der Waals surface area contributed by atoms with Crippen molar-refractivity contribution in [3.8, 4) is 17.1 Å². The van der Waals surface area contributed by atoms with Crippen molar-refractivity contribution in [1.29, 1.82) is 0 Å². The Bertz CT molecular complexity index is 1290. The molecule has 0 saturated carbocycles. The molecule has 0 atom stereocenters. The molecule has 3 heterocycles. The average Bonchev–Trinajstić information content (AvgIpc) is 3.39. The Labute approximate surface area is 180 Å². The van der Waals surface area contributed by atoms with Crippen LogP contribution in [0.2, 0.25) is 0 Å². The minimum absolute atomic E-state index is 0.0153. The van der Waals surface area contributed by atoms with Crippen molar-refractivity contribution in [3.63, 3.8) is 0 Å². The van der Waals surface area contributed by atoms with E-state index in [9.17, 15) is 4.79 Å². The lowest BCUT2D eigenvalue weighted by Crippen LogP contribution is -2.35. The molecule has 7 nitrogen and oxygen atoms in total. The molecule has 0 N–H and O–H groups in total. The Morgan fingerprint density at radius 3 is 2.71 bits per heavy atom. The van der Waals surface area contributed by atoms with Crippen molar-refractivity contribution in [2.45, 2.75) is 33.6 Å². The smallest absolute Gasteiger partial charge is 0.261 e. The van der Waals surface area contributed by atoms with E-state index in [1.807, 2.05) is 61.3 Å². The van der Waals surface area contributed by atoms with Crippen LogP contribution in [0.15, 0.2) is 53.2 Å². The van der Waals surface area contributed by atoms with Gasteiger partial charge in [-0.15, -0.1) is 0 Å². The van der Waals surface area contributed by atoms with Gasteiger partial charge in [0.15, 0.2) is 0 Å². The maximum Gasteiger partial charge on any atom is 0.261 e. The topological polar surface area (TPSA) is 77.1 Å². The number of amides is 1. The number of nitrogens with zero attached hydrogens (tertiary/aromatic N) is 5. The molecular weight excluding hydrogens is 390 g/mol. The molecule has 1 aliphatic heterocycles. The molecule has 0 aliphatic carbocycles. The van der Waals surface area contributed by atoms with Gasteiger partial charge in [-0.05, 0) is 49.9 Å². The first-order valence-corrected chi connectivity index (χ1v) is 10.4. The average molecular weight is 413 g/mol. The molecule has 0 saturated heterocycles. The molecule has 156 valence electrons. The Kier molecular flexibility index (Phi) is 4.66. The molecule has 2 aromatic heterocycles. The van der Waals surface area contributed by atoms with Crippen molar-refractivity contribution in [3.05, 3.63) is 76.9 Å². The van der Waals surface area contributed by atoms with Gasteiger partial charge < -0.3 is 9.42 Å². The predicted molar refractivity (Wildman–Crippen MR) is 118 cm³/mol. The highest BCUT2D eigenvalue weighted by molar-refractivity contribution is 6.07. The van der Waals surface area contributed by atoms with Crippen LogP contribution in [0.3, 0.4) is 0 Å². The summed E-state index contributed by atoms with van der Waals surface area (Å²) >= 11 is 0. The number of hydrogen-bond acceptors (Lipinski definition) is 5. The van der Waals surface area contributed by atoms with Gasteiger partial charge in [-0.2, -0.15) is 10.1 Å². The van der Waals surface area contributed by atoms with Crippen LogP contribution in [0.25, 0.3) is 17.1 Å². The Morgan fingerprint density at radius 2 is 1.90 bits per heavy atom. The molecule has 0 spiro atoms. The lowest BCUT2D eigenvalue weighted by molar-refractivity contribution is 0.0984. The van der Waals surface area contributed by atoms with Crippen molar-refractivity contribution in [1.82, 2.24) is 19.9 Å². The lowest BCUT2D eigenvalue weighted by Gasteiger charge is -2.29. The number of carbonyl (C=O) groups is 1. The monoisotopic (exact) mass is 413 g/mol. The van der Waals surface area contributed by atoms with Gasteiger partial charge >= 0.3 is 0 Å². The number of rotatable bonds is 3. The standard InChI is InChI=1S/C24H23N5O2/c1-15-10-11-19(23-25-17(3)31-27-23)13-22(15)29-14-20(16(2)26-29)24(30)28-12-6-8-18-7-4-5-9-21(18)28/h4-5,7,9-11,13-14H,6,8,12H2,1-3H3.